The highest BCUT2D eigenvalue weighted by atomic mass is 35.5. The number of carbonyl (C=O) groups excluding carboxylic acids is 1. The Morgan fingerprint density at radius 2 is 1.70 bits per heavy atom. The van der Waals surface area contributed by atoms with Crippen LogP contribution in [-0.2, 0) is 0 Å². The number of nitrogens with zero attached hydrogens (tertiary/aromatic N) is 3. The maximum Gasteiger partial charge on any atom is 0.573 e. The minimum absolute atomic E-state index is 0.0243. The van der Waals surface area contributed by atoms with Crippen LogP contribution in [0, 0.1) is 0 Å². The predicted octanol–water partition coefficient (Wildman–Crippen LogP) is 4.86. The zero-order valence-electron chi connectivity index (χ0n) is 14.6. The van der Waals surface area contributed by atoms with Crippen LogP contribution >= 0.6 is 23.2 Å². The Balaban J connectivity index is 1.91. The van der Waals surface area contributed by atoms with Gasteiger partial charge in [0.25, 0.3) is 5.91 Å². The van der Waals surface area contributed by atoms with E-state index in [4.69, 9.17) is 33.1 Å². The number of hydrogen-bond donors (Lipinski definition) is 1. The van der Waals surface area contributed by atoms with Gasteiger partial charge in [-0.25, -0.2) is 4.99 Å². The molecule has 0 aliphatic heterocycles. The summed E-state index contributed by atoms with van der Waals surface area (Å²) in [5.41, 5.74) is -0.0549. The average molecular weight is 460 g/mol. The zero-order valence-corrected chi connectivity index (χ0v) is 16.1. The molecule has 0 unspecified atom stereocenters. The minimum atomic E-state index is -4.82. The molecule has 1 amide bonds. The predicted molar refractivity (Wildman–Crippen MR) is 99.0 cm³/mol. The Morgan fingerprint density at radius 1 is 1.07 bits per heavy atom. The van der Waals surface area contributed by atoms with Crippen LogP contribution < -0.4 is 14.8 Å². The highest BCUT2D eigenvalue weighted by molar-refractivity contribution is 6.42. The van der Waals surface area contributed by atoms with Crippen molar-refractivity contribution >= 4 is 29.1 Å². The number of amides is 1. The standard InChI is InChI=1S/C18H10Cl2F3N3O4/c19-14-7-13(17(27)25-10-5-6-26(28)24-9-10)16(8-15(14)20)29-11-1-3-12(4-2-11)30-18(21,22)23/h1-9,28H. The van der Waals surface area contributed by atoms with Gasteiger partial charge in [0.15, 0.2) is 0 Å². The SMILES string of the molecule is O=C(N=c1ccn(O)nc1)c1cc(Cl)c(Cl)cc1Oc1ccc(OC(F)(F)F)cc1. The quantitative estimate of drug-likeness (QED) is 0.563. The fourth-order valence-corrected chi connectivity index (χ4v) is 2.52. The molecule has 0 saturated carbocycles. The van der Waals surface area contributed by atoms with E-state index in [-0.39, 0.29) is 32.5 Å². The molecule has 1 N–H and O–H groups in total. The van der Waals surface area contributed by atoms with Crippen molar-refractivity contribution < 1.29 is 32.6 Å². The maximum absolute atomic E-state index is 12.6. The van der Waals surface area contributed by atoms with Gasteiger partial charge >= 0.3 is 6.36 Å². The first-order valence-corrected chi connectivity index (χ1v) is 8.72. The number of ether oxygens (including phenoxy) is 2. The summed E-state index contributed by atoms with van der Waals surface area (Å²) in [6.45, 7) is 0. The molecule has 30 heavy (non-hydrogen) atoms. The Labute approximate surface area is 176 Å². The van der Waals surface area contributed by atoms with E-state index in [0.717, 1.165) is 18.3 Å². The zero-order chi connectivity index (χ0) is 21.9. The topological polar surface area (TPSA) is 85.9 Å². The third kappa shape index (κ3) is 5.65. The first-order chi connectivity index (χ1) is 14.1. The van der Waals surface area contributed by atoms with Crippen LogP contribution in [0.1, 0.15) is 10.4 Å². The summed E-state index contributed by atoms with van der Waals surface area (Å²) < 4.78 is 46.2. The lowest BCUT2D eigenvalue weighted by Crippen LogP contribution is -2.16. The molecule has 0 atom stereocenters. The molecule has 0 fully saturated rings. The van der Waals surface area contributed by atoms with Crippen LogP contribution in [0.25, 0.3) is 0 Å². The third-order valence-corrected chi connectivity index (χ3v) is 4.18. The Hall–Kier alpha value is -3.24. The average Bonchev–Trinajstić information content (AvgIpc) is 2.66. The highest BCUT2D eigenvalue weighted by Gasteiger charge is 2.31. The van der Waals surface area contributed by atoms with Crippen LogP contribution in [0.5, 0.6) is 17.2 Å². The van der Waals surface area contributed by atoms with Gasteiger partial charge < -0.3 is 14.7 Å². The van der Waals surface area contributed by atoms with E-state index in [1.54, 1.807) is 0 Å². The fraction of sp³-hybridized carbons (Fsp3) is 0.0556. The Morgan fingerprint density at radius 3 is 2.30 bits per heavy atom. The molecule has 1 heterocycles. The van der Waals surface area contributed by atoms with Crippen LogP contribution in [-0.4, -0.2) is 27.4 Å². The van der Waals surface area contributed by atoms with Crippen molar-refractivity contribution in [3.8, 4) is 17.2 Å². The fourth-order valence-electron chi connectivity index (χ4n) is 2.20. The molecule has 0 aliphatic carbocycles. The number of alkyl halides is 3. The van der Waals surface area contributed by atoms with Gasteiger partial charge in [-0.1, -0.05) is 23.2 Å². The largest absolute Gasteiger partial charge is 0.573 e. The van der Waals surface area contributed by atoms with E-state index in [0.29, 0.717) is 4.85 Å². The van der Waals surface area contributed by atoms with Crippen molar-refractivity contribution in [2.75, 3.05) is 0 Å². The lowest BCUT2D eigenvalue weighted by atomic mass is 10.2. The number of aromatic nitrogens is 2. The normalized spacial score (nSPS) is 12.0. The molecule has 3 rings (SSSR count). The number of hydrogen-bond acceptors (Lipinski definition) is 5. The molecule has 0 bridgehead atoms. The van der Waals surface area contributed by atoms with Crippen molar-refractivity contribution in [3.63, 3.8) is 0 Å². The van der Waals surface area contributed by atoms with Crippen molar-refractivity contribution in [2.45, 2.75) is 6.36 Å². The number of benzene rings is 2. The molecule has 12 heteroatoms. The molecule has 2 aromatic carbocycles. The summed E-state index contributed by atoms with van der Waals surface area (Å²) in [7, 11) is 0. The van der Waals surface area contributed by atoms with E-state index in [9.17, 15) is 18.0 Å². The molecule has 156 valence electrons. The molecule has 0 saturated heterocycles. The summed E-state index contributed by atoms with van der Waals surface area (Å²) in [6, 6.07) is 8.39. The molecule has 3 aromatic rings. The van der Waals surface area contributed by atoms with E-state index in [1.165, 1.54) is 36.5 Å². The molecule has 0 radical (unpaired) electrons. The summed E-state index contributed by atoms with van der Waals surface area (Å²) in [6.07, 6.45) is -2.51. The lowest BCUT2D eigenvalue weighted by Gasteiger charge is -2.12. The van der Waals surface area contributed by atoms with Gasteiger partial charge in [0, 0.05) is 6.07 Å². The van der Waals surface area contributed by atoms with E-state index in [2.05, 4.69) is 14.8 Å². The van der Waals surface area contributed by atoms with Crippen LogP contribution in [0.15, 0.2) is 59.9 Å². The second-order valence-corrected chi connectivity index (χ2v) is 6.42. The van der Waals surface area contributed by atoms with Crippen molar-refractivity contribution in [2.24, 2.45) is 4.99 Å². The first-order valence-electron chi connectivity index (χ1n) is 7.97. The molecule has 1 aromatic heterocycles. The monoisotopic (exact) mass is 459 g/mol. The highest BCUT2D eigenvalue weighted by Crippen LogP contribution is 2.34. The smallest absolute Gasteiger partial charge is 0.456 e. The van der Waals surface area contributed by atoms with E-state index in [1.807, 2.05) is 0 Å². The molecule has 7 nitrogen and oxygen atoms in total. The van der Waals surface area contributed by atoms with Crippen LogP contribution in [0.4, 0.5) is 13.2 Å². The summed E-state index contributed by atoms with van der Waals surface area (Å²) in [5, 5.41) is 13.0. The number of carbonyl (C=O) groups is 1. The summed E-state index contributed by atoms with van der Waals surface area (Å²) in [5.74, 6) is -1.10. The van der Waals surface area contributed by atoms with Crippen LogP contribution in [0.2, 0.25) is 10.0 Å². The second kappa shape index (κ2) is 8.64. The lowest BCUT2D eigenvalue weighted by molar-refractivity contribution is -0.274. The first kappa shape index (κ1) is 21.5. The maximum atomic E-state index is 12.6. The Kier molecular flexibility index (Phi) is 6.18. The molecule has 0 spiro atoms. The van der Waals surface area contributed by atoms with E-state index >= 15 is 0 Å². The Bertz CT molecular complexity index is 1130. The van der Waals surface area contributed by atoms with Gasteiger partial charge in [0.2, 0.25) is 0 Å². The van der Waals surface area contributed by atoms with Gasteiger partial charge in [-0.15, -0.1) is 23.1 Å². The molecular weight excluding hydrogens is 450 g/mol. The van der Waals surface area contributed by atoms with Gasteiger partial charge in [-0.3, -0.25) is 4.79 Å². The van der Waals surface area contributed by atoms with Crippen LogP contribution in [0.3, 0.4) is 0 Å². The van der Waals surface area contributed by atoms with Gasteiger partial charge in [-0.05, 0) is 36.4 Å². The van der Waals surface area contributed by atoms with Gasteiger partial charge in [-0.2, -0.15) is 0 Å². The van der Waals surface area contributed by atoms with Gasteiger partial charge in [0.1, 0.15) is 17.2 Å². The minimum Gasteiger partial charge on any atom is -0.456 e. The van der Waals surface area contributed by atoms with E-state index < -0.39 is 18.0 Å². The molecular formula is C18H10Cl2F3N3O4. The molecule has 0 aliphatic rings. The third-order valence-electron chi connectivity index (χ3n) is 3.46. The second-order valence-electron chi connectivity index (χ2n) is 5.61. The van der Waals surface area contributed by atoms with Gasteiger partial charge in [0.05, 0.1) is 33.4 Å². The summed E-state index contributed by atoms with van der Waals surface area (Å²) >= 11 is 12.0. The number of halogens is 5. The van der Waals surface area contributed by atoms with Crippen molar-refractivity contribution in [3.05, 3.63) is 75.8 Å². The summed E-state index contributed by atoms with van der Waals surface area (Å²) in [4.78, 5) is 17.0. The number of rotatable bonds is 4. The van der Waals surface area contributed by atoms with Crippen molar-refractivity contribution in [1.82, 2.24) is 9.94 Å². The van der Waals surface area contributed by atoms with Crippen molar-refractivity contribution in [1.29, 1.82) is 0 Å².